The molecule has 1 heterocycles. The molecule has 0 aliphatic rings. The molecule has 0 fully saturated rings. The van der Waals surface area contributed by atoms with Gasteiger partial charge in [0.05, 0.1) is 12.8 Å². The summed E-state index contributed by atoms with van der Waals surface area (Å²) in [5.74, 6) is 1.02. The number of ether oxygens (including phenoxy) is 1. The molecule has 4 nitrogen and oxygen atoms in total. The highest BCUT2D eigenvalue weighted by molar-refractivity contribution is 5.74. The molecule has 0 saturated carbocycles. The molecule has 2 rings (SSSR count). The van der Waals surface area contributed by atoms with E-state index in [0.717, 1.165) is 0 Å². The van der Waals surface area contributed by atoms with Crippen LogP contribution in [0.15, 0.2) is 42.7 Å². The minimum absolute atomic E-state index is 0.100. The van der Waals surface area contributed by atoms with Crippen LogP contribution in [0.3, 0.4) is 0 Å². The number of aldehydes is 1. The van der Waals surface area contributed by atoms with E-state index in [1.807, 2.05) is 12.1 Å². The maximum atomic E-state index is 10.6. The number of pyridine rings is 1. The average molecular weight is 229 g/mol. The van der Waals surface area contributed by atoms with Gasteiger partial charge in [0.25, 0.3) is 0 Å². The Morgan fingerprint density at radius 1 is 1.29 bits per heavy atom. The third-order valence-electron chi connectivity index (χ3n) is 2.24. The van der Waals surface area contributed by atoms with Gasteiger partial charge in [0.2, 0.25) is 0 Å². The molecule has 17 heavy (non-hydrogen) atoms. The van der Waals surface area contributed by atoms with Crippen molar-refractivity contribution in [1.82, 2.24) is 4.98 Å². The van der Waals surface area contributed by atoms with Crippen molar-refractivity contribution in [2.45, 2.75) is 6.61 Å². The molecule has 4 heteroatoms. The first kappa shape index (κ1) is 11.3. The van der Waals surface area contributed by atoms with E-state index in [-0.39, 0.29) is 6.61 Å². The van der Waals surface area contributed by atoms with E-state index in [9.17, 15) is 4.79 Å². The van der Waals surface area contributed by atoms with Crippen molar-refractivity contribution >= 4 is 6.29 Å². The number of aromatic nitrogens is 1. The van der Waals surface area contributed by atoms with Crippen molar-refractivity contribution in [3.63, 3.8) is 0 Å². The van der Waals surface area contributed by atoms with Gasteiger partial charge in [0.1, 0.15) is 11.5 Å². The topological polar surface area (TPSA) is 59.4 Å². The molecule has 0 bridgehead atoms. The van der Waals surface area contributed by atoms with E-state index in [1.54, 1.807) is 18.2 Å². The molecular weight excluding hydrogens is 218 g/mol. The second-order valence-corrected chi connectivity index (χ2v) is 3.44. The summed E-state index contributed by atoms with van der Waals surface area (Å²) in [5, 5.41) is 9.15. The van der Waals surface area contributed by atoms with E-state index in [2.05, 4.69) is 4.98 Å². The lowest BCUT2D eigenvalue weighted by atomic mass is 10.2. The molecular formula is C13H11NO3. The van der Waals surface area contributed by atoms with Gasteiger partial charge in [-0.25, -0.2) is 0 Å². The number of rotatable bonds is 4. The summed E-state index contributed by atoms with van der Waals surface area (Å²) < 4.78 is 5.56. The van der Waals surface area contributed by atoms with Gasteiger partial charge in [-0.15, -0.1) is 0 Å². The first-order valence-corrected chi connectivity index (χ1v) is 5.10. The number of hydrogen-bond donors (Lipinski definition) is 1. The van der Waals surface area contributed by atoms with Crippen LogP contribution in [0.25, 0.3) is 0 Å². The molecule has 0 aliphatic heterocycles. The lowest BCUT2D eigenvalue weighted by Gasteiger charge is -2.09. The third-order valence-corrected chi connectivity index (χ3v) is 2.24. The van der Waals surface area contributed by atoms with Crippen molar-refractivity contribution < 1.29 is 14.6 Å². The van der Waals surface area contributed by atoms with Crippen LogP contribution in [0.4, 0.5) is 0 Å². The maximum Gasteiger partial charge on any atom is 0.151 e. The number of aliphatic hydroxyl groups is 1. The normalized spacial score (nSPS) is 9.94. The van der Waals surface area contributed by atoms with Crippen LogP contribution in [-0.4, -0.2) is 16.4 Å². The Kier molecular flexibility index (Phi) is 3.47. The number of aliphatic hydroxyl groups excluding tert-OH is 1. The van der Waals surface area contributed by atoms with Crippen LogP contribution in [0.2, 0.25) is 0 Å². The lowest BCUT2D eigenvalue weighted by molar-refractivity contribution is 0.112. The highest BCUT2D eigenvalue weighted by Gasteiger charge is 2.04. The van der Waals surface area contributed by atoms with Crippen molar-refractivity contribution in [3.8, 4) is 11.5 Å². The molecule has 86 valence electrons. The third kappa shape index (κ3) is 2.68. The van der Waals surface area contributed by atoms with E-state index < -0.39 is 0 Å². The van der Waals surface area contributed by atoms with Gasteiger partial charge in [0, 0.05) is 17.3 Å². The Morgan fingerprint density at radius 2 is 2.12 bits per heavy atom. The maximum absolute atomic E-state index is 10.6. The minimum atomic E-state index is -0.100. The van der Waals surface area contributed by atoms with Crippen LogP contribution in [0.1, 0.15) is 15.9 Å². The predicted molar refractivity (Wildman–Crippen MR) is 62.1 cm³/mol. The summed E-state index contributed by atoms with van der Waals surface area (Å²) in [6.07, 6.45) is 3.68. The van der Waals surface area contributed by atoms with Crippen LogP contribution < -0.4 is 4.74 Å². The second-order valence-electron chi connectivity index (χ2n) is 3.44. The zero-order valence-corrected chi connectivity index (χ0v) is 9.04. The van der Waals surface area contributed by atoms with Crippen LogP contribution in [-0.2, 0) is 6.61 Å². The summed E-state index contributed by atoms with van der Waals surface area (Å²) in [7, 11) is 0. The van der Waals surface area contributed by atoms with Gasteiger partial charge in [-0.05, 0) is 12.1 Å². The van der Waals surface area contributed by atoms with Crippen LogP contribution in [0.5, 0.6) is 11.5 Å². The second kappa shape index (κ2) is 5.23. The Labute approximate surface area is 98.5 Å². The van der Waals surface area contributed by atoms with Crippen molar-refractivity contribution in [2.24, 2.45) is 0 Å². The highest BCUT2D eigenvalue weighted by atomic mass is 16.5. The number of para-hydroxylation sites is 1. The van der Waals surface area contributed by atoms with Gasteiger partial charge in [-0.1, -0.05) is 18.2 Å². The van der Waals surface area contributed by atoms with E-state index in [4.69, 9.17) is 9.84 Å². The molecule has 1 N–H and O–H groups in total. The average Bonchev–Trinajstić information content (AvgIpc) is 2.39. The molecule has 0 atom stereocenters. The number of hydrogen-bond acceptors (Lipinski definition) is 4. The predicted octanol–water partition coefficient (Wildman–Crippen LogP) is 2.18. The first-order valence-electron chi connectivity index (χ1n) is 5.10. The van der Waals surface area contributed by atoms with Crippen LogP contribution >= 0.6 is 0 Å². The Bertz CT molecular complexity index is 526. The SMILES string of the molecule is O=Cc1cncc(Oc2ccccc2CO)c1. The zero-order chi connectivity index (χ0) is 12.1. The molecule has 1 aromatic carbocycles. The number of benzene rings is 1. The molecule has 0 unspecified atom stereocenters. The van der Waals surface area contributed by atoms with Gasteiger partial charge >= 0.3 is 0 Å². The molecule has 0 amide bonds. The van der Waals surface area contributed by atoms with E-state index >= 15 is 0 Å². The smallest absolute Gasteiger partial charge is 0.151 e. The number of carbonyl (C=O) groups is 1. The van der Waals surface area contributed by atoms with E-state index in [1.165, 1.54) is 12.4 Å². The number of carbonyl (C=O) groups excluding carboxylic acids is 1. The van der Waals surface area contributed by atoms with Crippen molar-refractivity contribution in [2.75, 3.05) is 0 Å². The van der Waals surface area contributed by atoms with Gasteiger partial charge in [-0.2, -0.15) is 0 Å². The Hall–Kier alpha value is -2.20. The first-order chi connectivity index (χ1) is 8.33. The zero-order valence-electron chi connectivity index (χ0n) is 9.04. The van der Waals surface area contributed by atoms with E-state index in [0.29, 0.717) is 28.9 Å². The molecule has 1 aromatic heterocycles. The van der Waals surface area contributed by atoms with Crippen molar-refractivity contribution in [1.29, 1.82) is 0 Å². The molecule has 0 saturated heterocycles. The molecule has 0 spiro atoms. The summed E-state index contributed by atoms with van der Waals surface area (Å²) in [6, 6.07) is 8.74. The summed E-state index contributed by atoms with van der Waals surface area (Å²) in [4.78, 5) is 14.5. The highest BCUT2D eigenvalue weighted by Crippen LogP contribution is 2.24. The lowest BCUT2D eigenvalue weighted by Crippen LogP contribution is -1.92. The molecule has 0 aliphatic carbocycles. The minimum Gasteiger partial charge on any atom is -0.455 e. The summed E-state index contributed by atoms with van der Waals surface area (Å²) >= 11 is 0. The Balaban J connectivity index is 2.27. The van der Waals surface area contributed by atoms with Gasteiger partial charge in [-0.3, -0.25) is 9.78 Å². The summed E-state index contributed by atoms with van der Waals surface area (Å²) in [5.41, 5.74) is 1.13. The van der Waals surface area contributed by atoms with Gasteiger partial charge in [0.15, 0.2) is 6.29 Å². The fraction of sp³-hybridized carbons (Fsp3) is 0.0769. The fourth-order valence-electron chi connectivity index (χ4n) is 1.42. The standard InChI is InChI=1S/C13H11NO3/c15-8-10-5-12(7-14-6-10)17-13-4-2-1-3-11(13)9-16/h1-8,16H,9H2. The Morgan fingerprint density at radius 3 is 2.88 bits per heavy atom. The quantitative estimate of drug-likeness (QED) is 0.816. The fourth-order valence-corrected chi connectivity index (χ4v) is 1.42. The molecule has 0 radical (unpaired) electrons. The monoisotopic (exact) mass is 229 g/mol. The van der Waals surface area contributed by atoms with Gasteiger partial charge < -0.3 is 9.84 Å². The summed E-state index contributed by atoms with van der Waals surface area (Å²) in [6.45, 7) is -0.100. The van der Waals surface area contributed by atoms with Crippen molar-refractivity contribution in [3.05, 3.63) is 53.9 Å². The molecule has 2 aromatic rings. The largest absolute Gasteiger partial charge is 0.455 e. The van der Waals surface area contributed by atoms with Crippen LogP contribution in [0, 0.1) is 0 Å². The number of nitrogens with zero attached hydrogens (tertiary/aromatic N) is 1.